The van der Waals surface area contributed by atoms with Gasteiger partial charge in [-0.1, -0.05) is 46.3 Å². The Bertz CT molecular complexity index is 182. The van der Waals surface area contributed by atoms with Gasteiger partial charge >= 0.3 is 0 Å². The molecule has 0 aromatic rings. The molecular formula is C13H24. The molecular weight excluding hydrogens is 156 g/mol. The summed E-state index contributed by atoms with van der Waals surface area (Å²) in [6.45, 7) is 13.5. The molecule has 1 aliphatic carbocycles. The second kappa shape index (κ2) is 3.86. The molecule has 0 radical (unpaired) electrons. The summed E-state index contributed by atoms with van der Waals surface area (Å²) in [5.74, 6) is 1.48. The van der Waals surface area contributed by atoms with Crippen LogP contribution in [0.3, 0.4) is 0 Å². The largest absolute Gasteiger partial charge is 0.0990 e. The first-order valence-electron chi connectivity index (χ1n) is 5.67. The molecule has 1 rings (SSSR count). The molecule has 0 aromatic carbocycles. The van der Waals surface area contributed by atoms with Crippen molar-refractivity contribution in [1.29, 1.82) is 0 Å². The molecule has 0 nitrogen and oxygen atoms in total. The van der Waals surface area contributed by atoms with Crippen molar-refractivity contribution in [2.24, 2.45) is 17.3 Å². The molecule has 0 unspecified atom stereocenters. The average Bonchev–Trinajstić information content (AvgIpc) is 1.95. The lowest BCUT2D eigenvalue weighted by Crippen LogP contribution is -2.34. The SMILES string of the molecule is C=C(C(C)C)C1(CC(C)C)CCC1. The second-order valence-corrected chi connectivity index (χ2v) is 5.41. The van der Waals surface area contributed by atoms with E-state index in [4.69, 9.17) is 0 Å². The summed E-state index contributed by atoms with van der Waals surface area (Å²) in [5.41, 5.74) is 2.04. The van der Waals surface area contributed by atoms with E-state index >= 15 is 0 Å². The smallest absolute Gasteiger partial charge is 0.00858 e. The first-order valence-corrected chi connectivity index (χ1v) is 5.67. The monoisotopic (exact) mass is 180 g/mol. The van der Waals surface area contributed by atoms with Gasteiger partial charge in [0.2, 0.25) is 0 Å². The Morgan fingerprint density at radius 2 is 1.77 bits per heavy atom. The van der Waals surface area contributed by atoms with E-state index in [-0.39, 0.29) is 0 Å². The topological polar surface area (TPSA) is 0 Å². The van der Waals surface area contributed by atoms with Crippen molar-refractivity contribution in [2.75, 3.05) is 0 Å². The van der Waals surface area contributed by atoms with E-state index in [1.165, 1.54) is 31.3 Å². The lowest BCUT2D eigenvalue weighted by atomic mass is 9.59. The van der Waals surface area contributed by atoms with Crippen molar-refractivity contribution in [1.82, 2.24) is 0 Å². The number of allylic oxidation sites excluding steroid dienone is 1. The van der Waals surface area contributed by atoms with Crippen molar-refractivity contribution in [2.45, 2.75) is 53.4 Å². The highest BCUT2D eigenvalue weighted by atomic mass is 14.4. The van der Waals surface area contributed by atoms with Gasteiger partial charge in [0.05, 0.1) is 0 Å². The van der Waals surface area contributed by atoms with Crippen LogP contribution in [0.15, 0.2) is 12.2 Å². The molecule has 13 heavy (non-hydrogen) atoms. The van der Waals surface area contributed by atoms with E-state index < -0.39 is 0 Å². The molecule has 1 saturated carbocycles. The predicted molar refractivity (Wildman–Crippen MR) is 59.7 cm³/mol. The van der Waals surface area contributed by atoms with Crippen molar-refractivity contribution >= 4 is 0 Å². The Balaban J connectivity index is 2.64. The van der Waals surface area contributed by atoms with Crippen LogP contribution in [-0.4, -0.2) is 0 Å². The molecule has 0 aliphatic heterocycles. The number of hydrogen-bond acceptors (Lipinski definition) is 0. The van der Waals surface area contributed by atoms with E-state index in [1.807, 2.05) is 0 Å². The molecule has 0 N–H and O–H groups in total. The summed E-state index contributed by atoms with van der Waals surface area (Å²) in [6, 6.07) is 0. The molecule has 1 fully saturated rings. The van der Waals surface area contributed by atoms with E-state index in [2.05, 4.69) is 34.3 Å². The number of hydrogen-bond donors (Lipinski definition) is 0. The first-order chi connectivity index (χ1) is 5.98. The highest BCUT2D eigenvalue weighted by molar-refractivity contribution is 5.16. The van der Waals surface area contributed by atoms with Crippen LogP contribution in [0, 0.1) is 17.3 Å². The third-order valence-corrected chi connectivity index (χ3v) is 3.49. The van der Waals surface area contributed by atoms with Crippen LogP contribution in [0.1, 0.15) is 53.4 Å². The maximum atomic E-state index is 4.30. The lowest BCUT2D eigenvalue weighted by Gasteiger charge is -2.46. The Morgan fingerprint density at radius 1 is 1.23 bits per heavy atom. The van der Waals surface area contributed by atoms with Gasteiger partial charge < -0.3 is 0 Å². The minimum atomic E-state index is 0.530. The summed E-state index contributed by atoms with van der Waals surface area (Å²) in [6.07, 6.45) is 5.55. The first kappa shape index (κ1) is 10.8. The summed E-state index contributed by atoms with van der Waals surface area (Å²) in [7, 11) is 0. The maximum absolute atomic E-state index is 4.30. The highest BCUT2D eigenvalue weighted by Gasteiger charge is 2.40. The fraction of sp³-hybridized carbons (Fsp3) is 0.846. The second-order valence-electron chi connectivity index (χ2n) is 5.41. The van der Waals surface area contributed by atoms with E-state index in [1.54, 1.807) is 0 Å². The van der Waals surface area contributed by atoms with Crippen LogP contribution in [0.2, 0.25) is 0 Å². The van der Waals surface area contributed by atoms with Crippen LogP contribution in [-0.2, 0) is 0 Å². The minimum absolute atomic E-state index is 0.530. The van der Waals surface area contributed by atoms with Gasteiger partial charge in [-0.15, -0.1) is 0 Å². The lowest BCUT2D eigenvalue weighted by molar-refractivity contribution is 0.135. The van der Waals surface area contributed by atoms with Gasteiger partial charge in [-0.3, -0.25) is 0 Å². The summed E-state index contributed by atoms with van der Waals surface area (Å²) in [4.78, 5) is 0. The summed E-state index contributed by atoms with van der Waals surface area (Å²) < 4.78 is 0. The molecule has 0 amide bonds. The molecule has 0 bridgehead atoms. The minimum Gasteiger partial charge on any atom is -0.0990 e. The molecule has 76 valence electrons. The molecule has 1 aliphatic rings. The summed E-state index contributed by atoms with van der Waals surface area (Å²) >= 11 is 0. The van der Waals surface area contributed by atoms with Crippen LogP contribution < -0.4 is 0 Å². The zero-order valence-electron chi connectivity index (χ0n) is 9.69. The highest BCUT2D eigenvalue weighted by Crippen LogP contribution is 2.52. The third kappa shape index (κ3) is 2.15. The Morgan fingerprint density at radius 3 is 2.00 bits per heavy atom. The van der Waals surface area contributed by atoms with Gasteiger partial charge in [0.15, 0.2) is 0 Å². The van der Waals surface area contributed by atoms with E-state index in [9.17, 15) is 0 Å². The fourth-order valence-corrected chi connectivity index (χ4v) is 2.65. The van der Waals surface area contributed by atoms with Crippen molar-refractivity contribution < 1.29 is 0 Å². The number of rotatable bonds is 4. The van der Waals surface area contributed by atoms with Crippen molar-refractivity contribution in [3.8, 4) is 0 Å². The van der Waals surface area contributed by atoms with Crippen LogP contribution >= 0.6 is 0 Å². The van der Waals surface area contributed by atoms with Gasteiger partial charge in [0, 0.05) is 0 Å². The fourth-order valence-electron chi connectivity index (χ4n) is 2.65. The average molecular weight is 180 g/mol. The molecule has 0 heteroatoms. The quantitative estimate of drug-likeness (QED) is 0.562. The van der Waals surface area contributed by atoms with Crippen LogP contribution in [0.4, 0.5) is 0 Å². The Hall–Kier alpha value is -0.260. The van der Waals surface area contributed by atoms with Crippen molar-refractivity contribution in [3.63, 3.8) is 0 Å². The van der Waals surface area contributed by atoms with E-state index in [0.717, 1.165) is 5.92 Å². The van der Waals surface area contributed by atoms with Crippen LogP contribution in [0.25, 0.3) is 0 Å². The summed E-state index contributed by atoms with van der Waals surface area (Å²) in [5, 5.41) is 0. The van der Waals surface area contributed by atoms with Gasteiger partial charge in [0.1, 0.15) is 0 Å². The van der Waals surface area contributed by atoms with Gasteiger partial charge in [-0.25, -0.2) is 0 Å². The molecule has 0 atom stereocenters. The zero-order chi connectivity index (χ0) is 10.1. The Labute approximate surface area is 83.4 Å². The molecule has 0 spiro atoms. The molecule has 0 aromatic heterocycles. The van der Waals surface area contributed by atoms with Gasteiger partial charge in [-0.05, 0) is 36.5 Å². The standard InChI is InChI=1S/C13H24/c1-10(2)9-13(7-6-8-13)12(5)11(3)4/h10-11H,5-9H2,1-4H3. The zero-order valence-corrected chi connectivity index (χ0v) is 9.69. The Kier molecular flexibility index (Phi) is 3.21. The van der Waals surface area contributed by atoms with Crippen molar-refractivity contribution in [3.05, 3.63) is 12.2 Å². The molecule has 0 heterocycles. The third-order valence-electron chi connectivity index (χ3n) is 3.49. The van der Waals surface area contributed by atoms with E-state index in [0.29, 0.717) is 11.3 Å². The van der Waals surface area contributed by atoms with Gasteiger partial charge in [-0.2, -0.15) is 0 Å². The maximum Gasteiger partial charge on any atom is -0.00858 e. The van der Waals surface area contributed by atoms with Crippen LogP contribution in [0.5, 0.6) is 0 Å². The molecule has 0 saturated heterocycles. The predicted octanol–water partition coefficient (Wildman–Crippen LogP) is 4.42. The normalized spacial score (nSPS) is 20.5. The van der Waals surface area contributed by atoms with Gasteiger partial charge in [0.25, 0.3) is 0 Å².